The SMILES string of the molecule is CC(=O)Nc1sc(N/N=C/c2cccc(O)c2)nc1-c1ccc(C)cc1. The van der Waals surface area contributed by atoms with E-state index < -0.39 is 0 Å². The fourth-order valence-corrected chi connectivity index (χ4v) is 3.17. The van der Waals surface area contributed by atoms with Crippen molar-refractivity contribution >= 4 is 33.6 Å². The summed E-state index contributed by atoms with van der Waals surface area (Å²) in [5.74, 6) is 0.0228. The van der Waals surface area contributed by atoms with Crippen molar-refractivity contribution in [3.8, 4) is 17.0 Å². The van der Waals surface area contributed by atoms with E-state index in [0.717, 1.165) is 16.7 Å². The van der Waals surface area contributed by atoms with Crippen LogP contribution in [0.4, 0.5) is 10.1 Å². The summed E-state index contributed by atoms with van der Waals surface area (Å²) in [6.45, 7) is 3.48. The van der Waals surface area contributed by atoms with Gasteiger partial charge in [-0.3, -0.25) is 10.2 Å². The van der Waals surface area contributed by atoms with E-state index in [2.05, 4.69) is 20.8 Å². The van der Waals surface area contributed by atoms with Gasteiger partial charge in [0.05, 0.1) is 6.21 Å². The Hall–Kier alpha value is -3.19. The quantitative estimate of drug-likeness (QED) is 0.466. The number of hydrazone groups is 1. The molecule has 0 fully saturated rings. The molecule has 0 radical (unpaired) electrons. The number of nitrogens with one attached hydrogen (secondary N) is 2. The smallest absolute Gasteiger partial charge is 0.221 e. The lowest BCUT2D eigenvalue weighted by Crippen LogP contribution is -2.05. The largest absolute Gasteiger partial charge is 0.508 e. The summed E-state index contributed by atoms with van der Waals surface area (Å²) in [7, 11) is 0. The van der Waals surface area contributed by atoms with Gasteiger partial charge in [-0.2, -0.15) is 5.10 Å². The fraction of sp³-hybridized carbons (Fsp3) is 0.105. The molecule has 3 N–H and O–H groups in total. The predicted molar refractivity (Wildman–Crippen MR) is 106 cm³/mol. The second kappa shape index (κ2) is 7.79. The van der Waals surface area contributed by atoms with Crippen LogP contribution in [0.25, 0.3) is 11.3 Å². The van der Waals surface area contributed by atoms with Crippen molar-refractivity contribution in [3.05, 3.63) is 59.7 Å². The van der Waals surface area contributed by atoms with Crippen LogP contribution in [-0.2, 0) is 4.79 Å². The van der Waals surface area contributed by atoms with E-state index in [1.807, 2.05) is 37.3 Å². The van der Waals surface area contributed by atoms with Gasteiger partial charge in [-0.1, -0.05) is 53.3 Å². The molecule has 1 amide bonds. The third kappa shape index (κ3) is 4.46. The number of hydrogen-bond acceptors (Lipinski definition) is 6. The minimum Gasteiger partial charge on any atom is -0.508 e. The minimum absolute atomic E-state index is 0.156. The molecule has 0 unspecified atom stereocenters. The standard InChI is InChI=1S/C19H18N4O2S/c1-12-6-8-15(9-7-12)17-18(21-13(2)24)26-19(22-17)23-20-11-14-4-3-5-16(25)10-14/h3-11,25H,1-2H3,(H,21,24)(H,22,23)/b20-11+. The summed E-state index contributed by atoms with van der Waals surface area (Å²) < 4.78 is 0. The molecule has 1 heterocycles. The molecule has 6 nitrogen and oxygen atoms in total. The molecule has 26 heavy (non-hydrogen) atoms. The summed E-state index contributed by atoms with van der Waals surface area (Å²) in [5.41, 5.74) is 6.39. The van der Waals surface area contributed by atoms with Gasteiger partial charge in [0.25, 0.3) is 0 Å². The van der Waals surface area contributed by atoms with Crippen LogP contribution < -0.4 is 10.7 Å². The first-order valence-corrected chi connectivity index (χ1v) is 8.76. The number of carbonyl (C=O) groups is 1. The maximum absolute atomic E-state index is 11.5. The van der Waals surface area contributed by atoms with Gasteiger partial charge in [0.2, 0.25) is 11.0 Å². The monoisotopic (exact) mass is 366 g/mol. The highest BCUT2D eigenvalue weighted by molar-refractivity contribution is 7.20. The molecule has 0 saturated heterocycles. The van der Waals surface area contributed by atoms with Gasteiger partial charge in [0.1, 0.15) is 16.4 Å². The van der Waals surface area contributed by atoms with E-state index in [-0.39, 0.29) is 11.7 Å². The number of phenols is 1. The number of amides is 1. The number of thiazole rings is 1. The number of aromatic nitrogens is 1. The second-order valence-electron chi connectivity index (χ2n) is 5.71. The molecule has 0 aliphatic carbocycles. The highest BCUT2D eigenvalue weighted by Crippen LogP contribution is 2.36. The fourth-order valence-electron chi connectivity index (χ4n) is 2.29. The Balaban J connectivity index is 1.83. The number of aryl methyl sites for hydroxylation is 1. The van der Waals surface area contributed by atoms with Gasteiger partial charge in [0.15, 0.2) is 0 Å². The summed E-state index contributed by atoms with van der Waals surface area (Å²) in [6.07, 6.45) is 1.59. The number of benzene rings is 2. The first kappa shape index (κ1) is 17.6. The average molecular weight is 366 g/mol. The van der Waals surface area contributed by atoms with Gasteiger partial charge < -0.3 is 10.4 Å². The molecule has 0 saturated carbocycles. The summed E-state index contributed by atoms with van der Waals surface area (Å²) in [4.78, 5) is 16.0. The van der Waals surface area contributed by atoms with Crippen LogP contribution in [0.3, 0.4) is 0 Å². The summed E-state index contributed by atoms with van der Waals surface area (Å²) >= 11 is 1.31. The van der Waals surface area contributed by atoms with Gasteiger partial charge in [-0.25, -0.2) is 4.98 Å². The Kier molecular flexibility index (Phi) is 5.28. The normalized spacial score (nSPS) is 10.8. The van der Waals surface area contributed by atoms with Crippen LogP contribution in [0.2, 0.25) is 0 Å². The molecule has 0 spiro atoms. The van der Waals surface area contributed by atoms with Crippen molar-refractivity contribution in [1.82, 2.24) is 4.98 Å². The Labute approximate surface area is 155 Å². The van der Waals surface area contributed by atoms with Gasteiger partial charge in [-0.15, -0.1) is 0 Å². The number of phenolic OH excluding ortho intramolecular Hbond substituents is 1. The van der Waals surface area contributed by atoms with Crippen LogP contribution in [0.5, 0.6) is 5.75 Å². The summed E-state index contributed by atoms with van der Waals surface area (Å²) in [5, 5.41) is 17.6. The number of rotatable bonds is 5. The first-order chi connectivity index (χ1) is 12.5. The Morgan fingerprint density at radius 2 is 2.00 bits per heavy atom. The van der Waals surface area contributed by atoms with Gasteiger partial charge in [-0.05, 0) is 24.6 Å². The number of anilines is 2. The van der Waals surface area contributed by atoms with Gasteiger partial charge >= 0.3 is 0 Å². The van der Waals surface area contributed by atoms with E-state index in [1.54, 1.807) is 24.4 Å². The lowest BCUT2D eigenvalue weighted by atomic mass is 10.1. The lowest BCUT2D eigenvalue weighted by molar-refractivity contribution is -0.114. The molecule has 1 aromatic heterocycles. The lowest BCUT2D eigenvalue weighted by Gasteiger charge is -2.02. The van der Waals surface area contributed by atoms with Crippen molar-refractivity contribution in [2.75, 3.05) is 10.7 Å². The molecule has 0 atom stereocenters. The van der Waals surface area contributed by atoms with Crippen molar-refractivity contribution in [1.29, 1.82) is 0 Å². The van der Waals surface area contributed by atoms with Crippen LogP contribution in [0, 0.1) is 6.92 Å². The Morgan fingerprint density at radius 3 is 2.69 bits per heavy atom. The molecule has 132 valence electrons. The topological polar surface area (TPSA) is 86.6 Å². The Bertz CT molecular complexity index is 948. The van der Waals surface area contributed by atoms with E-state index in [1.165, 1.54) is 18.3 Å². The zero-order chi connectivity index (χ0) is 18.5. The Morgan fingerprint density at radius 1 is 1.23 bits per heavy atom. The minimum atomic E-state index is -0.156. The van der Waals surface area contributed by atoms with E-state index >= 15 is 0 Å². The molecule has 7 heteroatoms. The zero-order valence-electron chi connectivity index (χ0n) is 14.4. The molecular formula is C19H18N4O2S. The molecule has 2 aromatic carbocycles. The van der Waals surface area contributed by atoms with Crippen LogP contribution in [-0.4, -0.2) is 22.2 Å². The van der Waals surface area contributed by atoms with E-state index in [9.17, 15) is 9.90 Å². The first-order valence-electron chi connectivity index (χ1n) is 7.95. The average Bonchev–Trinajstić information content (AvgIpc) is 2.97. The van der Waals surface area contributed by atoms with Crippen molar-refractivity contribution in [2.45, 2.75) is 13.8 Å². The predicted octanol–water partition coefficient (Wildman–Crippen LogP) is 4.23. The molecule has 0 bridgehead atoms. The van der Waals surface area contributed by atoms with Crippen molar-refractivity contribution in [3.63, 3.8) is 0 Å². The van der Waals surface area contributed by atoms with Crippen LogP contribution in [0.1, 0.15) is 18.1 Å². The molecule has 0 aliphatic rings. The maximum atomic E-state index is 11.5. The number of carbonyl (C=O) groups excluding carboxylic acids is 1. The zero-order valence-corrected chi connectivity index (χ0v) is 15.2. The summed E-state index contributed by atoms with van der Waals surface area (Å²) in [6, 6.07) is 14.7. The maximum Gasteiger partial charge on any atom is 0.221 e. The van der Waals surface area contributed by atoms with E-state index in [0.29, 0.717) is 15.8 Å². The van der Waals surface area contributed by atoms with Crippen LogP contribution >= 0.6 is 11.3 Å². The van der Waals surface area contributed by atoms with Crippen molar-refractivity contribution < 1.29 is 9.90 Å². The third-order valence-corrected chi connectivity index (χ3v) is 4.36. The molecular weight excluding hydrogens is 348 g/mol. The molecule has 3 aromatic rings. The highest BCUT2D eigenvalue weighted by Gasteiger charge is 2.14. The van der Waals surface area contributed by atoms with Crippen molar-refractivity contribution in [2.24, 2.45) is 5.10 Å². The van der Waals surface area contributed by atoms with E-state index in [4.69, 9.17) is 0 Å². The third-order valence-electron chi connectivity index (χ3n) is 3.49. The number of nitrogens with zero attached hydrogens (tertiary/aromatic N) is 2. The highest BCUT2D eigenvalue weighted by atomic mass is 32.1. The molecule has 0 aliphatic heterocycles. The second-order valence-corrected chi connectivity index (χ2v) is 6.71. The van der Waals surface area contributed by atoms with Crippen LogP contribution in [0.15, 0.2) is 53.6 Å². The number of hydrogen-bond donors (Lipinski definition) is 3. The molecule has 3 rings (SSSR count). The van der Waals surface area contributed by atoms with Gasteiger partial charge in [0, 0.05) is 12.5 Å². The number of aromatic hydroxyl groups is 1.